The number of nitrogens with zero attached hydrogens (tertiary/aromatic N) is 1. The maximum absolute atomic E-state index is 11.3. The molecule has 0 amide bonds. The van der Waals surface area contributed by atoms with Crippen molar-refractivity contribution >= 4 is 16.8 Å². The standard InChI is InChI=1S/C8H9NO4S/c1-6-3-4-7(9(10)11)5-8(6)14(12)13-2/h3-5H,1-2H3. The number of aryl methyl sites for hydroxylation is 1. The molecule has 0 aliphatic rings. The predicted octanol–water partition coefficient (Wildman–Crippen LogP) is 1.57. The molecule has 0 bridgehead atoms. The summed E-state index contributed by atoms with van der Waals surface area (Å²) < 4.78 is 15.9. The van der Waals surface area contributed by atoms with Crippen molar-refractivity contribution in [2.24, 2.45) is 0 Å². The largest absolute Gasteiger partial charge is 0.290 e. The van der Waals surface area contributed by atoms with E-state index in [0.29, 0.717) is 10.5 Å². The topological polar surface area (TPSA) is 69.4 Å². The smallest absolute Gasteiger partial charge is 0.270 e. The van der Waals surface area contributed by atoms with Gasteiger partial charge in [-0.2, -0.15) is 0 Å². The van der Waals surface area contributed by atoms with Crippen molar-refractivity contribution in [1.82, 2.24) is 0 Å². The van der Waals surface area contributed by atoms with E-state index in [2.05, 4.69) is 4.18 Å². The van der Waals surface area contributed by atoms with Crippen LogP contribution in [0.3, 0.4) is 0 Å². The zero-order chi connectivity index (χ0) is 10.7. The molecule has 0 radical (unpaired) electrons. The predicted molar refractivity (Wildman–Crippen MR) is 51.3 cm³/mol. The maximum Gasteiger partial charge on any atom is 0.270 e. The van der Waals surface area contributed by atoms with E-state index in [-0.39, 0.29) is 5.69 Å². The Hall–Kier alpha value is -1.27. The first-order valence-corrected chi connectivity index (χ1v) is 4.85. The molecule has 0 aromatic heterocycles. The van der Waals surface area contributed by atoms with Crippen LogP contribution in [-0.4, -0.2) is 16.2 Å². The molecule has 0 fully saturated rings. The van der Waals surface area contributed by atoms with Gasteiger partial charge in [0.2, 0.25) is 0 Å². The Labute approximate surface area is 83.5 Å². The summed E-state index contributed by atoms with van der Waals surface area (Å²) in [4.78, 5) is 10.2. The summed E-state index contributed by atoms with van der Waals surface area (Å²) >= 11 is -1.63. The molecule has 0 saturated carbocycles. The van der Waals surface area contributed by atoms with Crippen LogP contribution in [0.25, 0.3) is 0 Å². The van der Waals surface area contributed by atoms with E-state index in [1.807, 2.05) is 0 Å². The number of hydrogen-bond donors (Lipinski definition) is 0. The zero-order valence-electron chi connectivity index (χ0n) is 7.72. The fraction of sp³-hybridized carbons (Fsp3) is 0.250. The quantitative estimate of drug-likeness (QED) is 0.567. The van der Waals surface area contributed by atoms with Crippen molar-refractivity contribution in [3.05, 3.63) is 33.9 Å². The van der Waals surface area contributed by atoms with Crippen LogP contribution in [0.5, 0.6) is 0 Å². The highest BCUT2D eigenvalue weighted by Crippen LogP contribution is 2.20. The van der Waals surface area contributed by atoms with Crippen LogP contribution in [0, 0.1) is 17.0 Å². The summed E-state index contributed by atoms with van der Waals surface area (Å²) in [5.74, 6) is 0. The number of hydrogen-bond acceptors (Lipinski definition) is 4. The van der Waals surface area contributed by atoms with Crippen molar-refractivity contribution in [2.45, 2.75) is 11.8 Å². The third kappa shape index (κ3) is 2.15. The van der Waals surface area contributed by atoms with Gasteiger partial charge >= 0.3 is 0 Å². The number of benzene rings is 1. The normalized spacial score (nSPS) is 12.4. The van der Waals surface area contributed by atoms with Gasteiger partial charge in [0.15, 0.2) is 11.1 Å². The molecule has 0 aliphatic carbocycles. The lowest BCUT2D eigenvalue weighted by Gasteiger charge is -2.02. The van der Waals surface area contributed by atoms with Crippen molar-refractivity contribution in [1.29, 1.82) is 0 Å². The molecular formula is C8H9NO4S. The molecule has 1 rings (SSSR count). The highest BCUT2D eigenvalue weighted by Gasteiger charge is 2.12. The van der Waals surface area contributed by atoms with Gasteiger partial charge in [-0.1, -0.05) is 6.07 Å². The van der Waals surface area contributed by atoms with Crippen LogP contribution in [-0.2, 0) is 15.3 Å². The average molecular weight is 215 g/mol. The number of nitro benzene ring substituents is 1. The van der Waals surface area contributed by atoms with Gasteiger partial charge in [0.25, 0.3) is 5.69 Å². The van der Waals surface area contributed by atoms with Gasteiger partial charge in [-0.3, -0.25) is 14.3 Å². The molecule has 0 spiro atoms. The van der Waals surface area contributed by atoms with Crippen molar-refractivity contribution < 1.29 is 13.3 Å². The first-order chi connectivity index (χ1) is 6.56. The van der Waals surface area contributed by atoms with Crippen molar-refractivity contribution in [2.75, 3.05) is 7.11 Å². The minimum atomic E-state index is -1.63. The summed E-state index contributed by atoms with van der Waals surface area (Å²) in [5, 5.41) is 10.4. The SMILES string of the molecule is COS(=O)c1cc([N+](=O)[O-])ccc1C. The lowest BCUT2D eigenvalue weighted by Crippen LogP contribution is -1.98. The molecule has 1 atom stereocenters. The molecule has 0 aliphatic heterocycles. The highest BCUT2D eigenvalue weighted by molar-refractivity contribution is 7.80. The monoisotopic (exact) mass is 215 g/mol. The van der Waals surface area contributed by atoms with Crippen LogP contribution < -0.4 is 0 Å². The molecule has 76 valence electrons. The first-order valence-electron chi connectivity index (χ1n) is 3.77. The van der Waals surface area contributed by atoms with Crippen LogP contribution in [0.2, 0.25) is 0 Å². The number of non-ortho nitro benzene ring substituents is 1. The average Bonchev–Trinajstić information content (AvgIpc) is 2.17. The van der Waals surface area contributed by atoms with Gasteiger partial charge in [-0.15, -0.1) is 0 Å². The van der Waals surface area contributed by atoms with E-state index in [0.717, 1.165) is 0 Å². The fourth-order valence-corrected chi connectivity index (χ4v) is 1.70. The minimum Gasteiger partial charge on any atom is -0.290 e. The van der Waals surface area contributed by atoms with E-state index in [9.17, 15) is 14.3 Å². The third-order valence-corrected chi connectivity index (χ3v) is 2.82. The lowest BCUT2D eigenvalue weighted by atomic mass is 10.2. The molecule has 0 saturated heterocycles. The molecular weight excluding hydrogens is 206 g/mol. The molecule has 1 unspecified atom stereocenters. The maximum atomic E-state index is 11.3. The summed E-state index contributed by atoms with van der Waals surface area (Å²) in [7, 11) is 1.29. The number of nitro groups is 1. The minimum absolute atomic E-state index is 0.0870. The molecule has 1 aromatic rings. The fourth-order valence-electron chi connectivity index (χ4n) is 0.972. The molecule has 14 heavy (non-hydrogen) atoms. The van der Waals surface area contributed by atoms with Gasteiger partial charge in [-0.25, -0.2) is 4.21 Å². The molecule has 0 heterocycles. The Balaban J connectivity index is 3.21. The summed E-state index contributed by atoms with van der Waals surface area (Å²) in [6, 6.07) is 4.17. The second-order valence-electron chi connectivity index (χ2n) is 2.61. The Morgan fingerprint density at radius 2 is 2.14 bits per heavy atom. The van der Waals surface area contributed by atoms with Crippen molar-refractivity contribution in [3.63, 3.8) is 0 Å². The summed E-state index contributed by atoms with van der Waals surface area (Å²) in [6.07, 6.45) is 0. The van der Waals surface area contributed by atoms with E-state index in [4.69, 9.17) is 0 Å². The Bertz CT molecular complexity index is 391. The lowest BCUT2D eigenvalue weighted by molar-refractivity contribution is -0.385. The molecule has 5 nitrogen and oxygen atoms in total. The van der Waals surface area contributed by atoms with Crippen LogP contribution in [0.15, 0.2) is 23.1 Å². The van der Waals surface area contributed by atoms with E-state index >= 15 is 0 Å². The Kier molecular flexibility index (Phi) is 3.32. The number of rotatable bonds is 3. The second kappa shape index (κ2) is 4.30. The van der Waals surface area contributed by atoms with Crippen molar-refractivity contribution in [3.8, 4) is 0 Å². The third-order valence-electron chi connectivity index (χ3n) is 1.71. The summed E-state index contributed by atoms with van der Waals surface area (Å²) in [6.45, 7) is 1.72. The van der Waals surface area contributed by atoms with Crippen LogP contribution >= 0.6 is 0 Å². The van der Waals surface area contributed by atoms with Gasteiger partial charge < -0.3 is 0 Å². The van der Waals surface area contributed by atoms with Crippen LogP contribution in [0.1, 0.15) is 5.56 Å². The molecule has 6 heteroatoms. The van der Waals surface area contributed by atoms with E-state index < -0.39 is 16.0 Å². The van der Waals surface area contributed by atoms with Crippen LogP contribution in [0.4, 0.5) is 5.69 Å². The highest BCUT2D eigenvalue weighted by atomic mass is 32.2. The first kappa shape index (κ1) is 10.8. The van der Waals surface area contributed by atoms with E-state index in [1.54, 1.807) is 13.0 Å². The van der Waals surface area contributed by atoms with Gasteiger partial charge in [0, 0.05) is 12.1 Å². The van der Waals surface area contributed by atoms with Gasteiger partial charge in [0.1, 0.15) is 0 Å². The second-order valence-corrected chi connectivity index (χ2v) is 3.85. The Morgan fingerprint density at radius 1 is 1.50 bits per heavy atom. The molecule has 0 N–H and O–H groups in total. The van der Waals surface area contributed by atoms with Gasteiger partial charge in [0.05, 0.1) is 16.9 Å². The molecule has 1 aromatic carbocycles. The summed E-state index contributed by atoms with van der Waals surface area (Å²) in [5.41, 5.74) is 0.617. The van der Waals surface area contributed by atoms with E-state index in [1.165, 1.54) is 19.2 Å². The van der Waals surface area contributed by atoms with Gasteiger partial charge in [-0.05, 0) is 12.5 Å². The Morgan fingerprint density at radius 3 is 2.64 bits per heavy atom. The zero-order valence-corrected chi connectivity index (χ0v) is 8.54.